The second-order valence-corrected chi connectivity index (χ2v) is 4.88. The van der Waals surface area contributed by atoms with Crippen molar-refractivity contribution < 1.29 is 4.79 Å². The smallest absolute Gasteiger partial charge is 0.221 e. The fourth-order valence-electron chi connectivity index (χ4n) is 2.02. The number of amides is 1. The summed E-state index contributed by atoms with van der Waals surface area (Å²) >= 11 is 0. The van der Waals surface area contributed by atoms with Crippen molar-refractivity contribution in [3.05, 3.63) is 30.1 Å². The molecule has 0 saturated heterocycles. The highest BCUT2D eigenvalue weighted by Crippen LogP contribution is 2.18. The topological polar surface area (TPSA) is 72.9 Å². The first-order valence-corrected chi connectivity index (χ1v) is 6.54. The third-order valence-corrected chi connectivity index (χ3v) is 3.06. The van der Waals surface area contributed by atoms with Crippen LogP contribution in [0.2, 0.25) is 0 Å². The molecule has 0 atom stereocenters. The van der Waals surface area contributed by atoms with Gasteiger partial charge in [-0.05, 0) is 31.5 Å². The van der Waals surface area contributed by atoms with Crippen LogP contribution in [0.25, 0.3) is 11.0 Å². The molecule has 1 heterocycles. The number of hydrogen-bond donors (Lipinski definition) is 2. The molecule has 0 aliphatic carbocycles. The van der Waals surface area contributed by atoms with Gasteiger partial charge in [0.1, 0.15) is 0 Å². The Hall–Kier alpha value is -1.88. The summed E-state index contributed by atoms with van der Waals surface area (Å²) in [4.78, 5) is 15.8. The van der Waals surface area contributed by atoms with E-state index in [-0.39, 0.29) is 5.91 Å². The van der Waals surface area contributed by atoms with Crippen molar-refractivity contribution >= 4 is 16.9 Å². The number of aromatic nitrogens is 2. The zero-order valence-electron chi connectivity index (χ0n) is 11.4. The first kappa shape index (κ1) is 13.5. The maximum absolute atomic E-state index is 11.4. The third kappa shape index (κ3) is 3.12. The van der Waals surface area contributed by atoms with E-state index in [1.54, 1.807) is 0 Å². The number of carbonyl (C=O) groups is 1. The van der Waals surface area contributed by atoms with Gasteiger partial charge in [0, 0.05) is 25.6 Å². The Morgan fingerprint density at radius 2 is 2.26 bits per heavy atom. The average Bonchev–Trinajstić information content (AvgIpc) is 2.79. The lowest BCUT2D eigenvalue weighted by Gasteiger charge is -2.08. The van der Waals surface area contributed by atoms with Gasteiger partial charge in [-0.15, -0.1) is 0 Å². The van der Waals surface area contributed by atoms with Gasteiger partial charge in [-0.25, -0.2) is 4.98 Å². The highest BCUT2D eigenvalue weighted by molar-refractivity contribution is 5.77. The van der Waals surface area contributed by atoms with Gasteiger partial charge in [-0.2, -0.15) is 0 Å². The van der Waals surface area contributed by atoms with Gasteiger partial charge in [-0.1, -0.05) is 6.07 Å². The molecule has 19 heavy (non-hydrogen) atoms. The van der Waals surface area contributed by atoms with Crippen LogP contribution in [0.15, 0.2) is 24.5 Å². The summed E-state index contributed by atoms with van der Waals surface area (Å²) in [6.45, 7) is 5.15. The zero-order valence-corrected chi connectivity index (χ0v) is 11.4. The predicted molar refractivity (Wildman–Crippen MR) is 75.6 cm³/mol. The summed E-state index contributed by atoms with van der Waals surface area (Å²) in [6.07, 6.45) is 2.22. The quantitative estimate of drug-likeness (QED) is 0.857. The van der Waals surface area contributed by atoms with Gasteiger partial charge in [-0.3, -0.25) is 4.79 Å². The van der Waals surface area contributed by atoms with Crippen LogP contribution in [0.5, 0.6) is 0 Å². The maximum Gasteiger partial charge on any atom is 0.221 e. The van der Waals surface area contributed by atoms with Crippen LogP contribution >= 0.6 is 0 Å². The Labute approximate surface area is 112 Å². The Kier molecular flexibility index (Phi) is 4.16. The molecule has 3 N–H and O–H groups in total. The lowest BCUT2D eigenvalue weighted by Crippen LogP contribution is -2.24. The van der Waals surface area contributed by atoms with Crippen LogP contribution in [0, 0.1) is 0 Å². The van der Waals surface area contributed by atoms with Crippen LogP contribution in [0.1, 0.15) is 31.9 Å². The lowest BCUT2D eigenvalue weighted by molar-refractivity contribution is -0.121. The minimum absolute atomic E-state index is 0.0182. The number of benzene rings is 1. The first-order chi connectivity index (χ1) is 9.11. The van der Waals surface area contributed by atoms with Crippen molar-refractivity contribution in [3.63, 3.8) is 0 Å². The molecule has 0 saturated carbocycles. The largest absolute Gasteiger partial charge is 0.352 e. The first-order valence-electron chi connectivity index (χ1n) is 6.54. The number of imidazole rings is 1. The van der Waals surface area contributed by atoms with E-state index in [0.717, 1.165) is 16.6 Å². The van der Waals surface area contributed by atoms with Gasteiger partial charge >= 0.3 is 0 Å². The van der Waals surface area contributed by atoms with E-state index < -0.39 is 0 Å². The van der Waals surface area contributed by atoms with Crippen LogP contribution in [-0.4, -0.2) is 22.0 Å². The lowest BCUT2D eigenvalue weighted by atomic mass is 10.2. The summed E-state index contributed by atoms with van der Waals surface area (Å²) in [5, 5.41) is 2.84. The van der Waals surface area contributed by atoms with Gasteiger partial charge in [0.25, 0.3) is 0 Å². The number of hydrogen-bond acceptors (Lipinski definition) is 3. The standard InChI is InChI=1S/C14H20N4O/c1-10(2)18-9-17-12-7-11(3-4-13(12)18)8-16-14(19)5-6-15/h3-4,7,9-10H,5-6,8,15H2,1-2H3,(H,16,19). The molecule has 2 rings (SSSR count). The van der Waals surface area contributed by atoms with Gasteiger partial charge in [0.15, 0.2) is 0 Å². The normalized spacial score (nSPS) is 11.2. The monoisotopic (exact) mass is 260 g/mol. The molecule has 1 amide bonds. The Bertz CT molecular complexity index is 574. The van der Waals surface area contributed by atoms with Gasteiger partial charge in [0.2, 0.25) is 5.91 Å². The van der Waals surface area contributed by atoms with Gasteiger partial charge in [0.05, 0.1) is 17.4 Å². The van der Waals surface area contributed by atoms with E-state index in [9.17, 15) is 4.79 Å². The van der Waals surface area contributed by atoms with Crippen molar-refractivity contribution in [2.24, 2.45) is 5.73 Å². The Morgan fingerprint density at radius 3 is 2.95 bits per heavy atom. The van der Waals surface area contributed by atoms with E-state index in [2.05, 4.69) is 28.7 Å². The third-order valence-electron chi connectivity index (χ3n) is 3.06. The number of nitrogens with two attached hydrogens (primary N) is 1. The molecule has 1 aromatic carbocycles. The molecule has 5 heteroatoms. The molecule has 0 bridgehead atoms. The van der Waals surface area contributed by atoms with E-state index in [1.165, 1.54) is 0 Å². The highest BCUT2D eigenvalue weighted by Gasteiger charge is 2.06. The SMILES string of the molecule is CC(C)n1cnc2cc(CNC(=O)CCN)ccc21. The van der Waals surface area contributed by atoms with Crippen LogP contribution < -0.4 is 11.1 Å². The Balaban J connectivity index is 2.12. The van der Waals surface area contributed by atoms with E-state index >= 15 is 0 Å². The second-order valence-electron chi connectivity index (χ2n) is 4.88. The van der Waals surface area contributed by atoms with Crippen molar-refractivity contribution in [1.82, 2.24) is 14.9 Å². The molecule has 0 spiro atoms. The second kappa shape index (κ2) is 5.84. The molecule has 1 aromatic heterocycles. The number of nitrogens with one attached hydrogen (secondary N) is 1. The number of nitrogens with zero attached hydrogens (tertiary/aromatic N) is 2. The summed E-state index contributed by atoms with van der Waals surface area (Å²) in [7, 11) is 0. The Morgan fingerprint density at radius 1 is 1.47 bits per heavy atom. The van der Waals surface area contributed by atoms with Crippen molar-refractivity contribution in [1.29, 1.82) is 0 Å². The van der Waals surface area contributed by atoms with Crippen LogP contribution in [0.4, 0.5) is 0 Å². The van der Waals surface area contributed by atoms with Crippen LogP contribution in [0.3, 0.4) is 0 Å². The summed E-state index contributed by atoms with van der Waals surface area (Å²) in [5.41, 5.74) is 8.45. The number of fused-ring (bicyclic) bond motifs is 1. The highest BCUT2D eigenvalue weighted by atomic mass is 16.1. The van der Waals surface area contributed by atoms with Gasteiger partial charge < -0.3 is 15.6 Å². The van der Waals surface area contributed by atoms with Crippen molar-refractivity contribution in [3.8, 4) is 0 Å². The molecule has 0 unspecified atom stereocenters. The molecule has 5 nitrogen and oxygen atoms in total. The molecule has 0 aliphatic rings. The predicted octanol–water partition coefficient (Wildman–Crippen LogP) is 1.58. The van der Waals surface area contributed by atoms with E-state index in [1.807, 2.05) is 24.5 Å². The molecule has 0 fully saturated rings. The van der Waals surface area contributed by atoms with Crippen molar-refractivity contribution in [2.75, 3.05) is 6.54 Å². The zero-order chi connectivity index (χ0) is 13.8. The van der Waals surface area contributed by atoms with E-state index in [0.29, 0.717) is 25.6 Å². The minimum Gasteiger partial charge on any atom is -0.352 e. The molecule has 2 aromatic rings. The minimum atomic E-state index is -0.0182. The van der Waals surface area contributed by atoms with Crippen molar-refractivity contribution in [2.45, 2.75) is 32.9 Å². The molecule has 102 valence electrons. The van der Waals surface area contributed by atoms with Crippen LogP contribution in [-0.2, 0) is 11.3 Å². The molecule has 0 radical (unpaired) electrons. The summed E-state index contributed by atoms with van der Waals surface area (Å²) in [5.74, 6) is -0.0182. The molecule has 0 aliphatic heterocycles. The fraction of sp³-hybridized carbons (Fsp3) is 0.429. The number of rotatable bonds is 5. The fourth-order valence-corrected chi connectivity index (χ4v) is 2.02. The summed E-state index contributed by atoms with van der Waals surface area (Å²) < 4.78 is 2.13. The van der Waals surface area contributed by atoms with E-state index in [4.69, 9.17) is 5.73 Å². The maximum atomic E-state index is 11.4. The average molecular weight is 260 g/mol. The summed E-state index contributed by atoms with van der Waals surface area (Å²) in [6, 6.07) is 6.47. The molecular weight excluding hydrogens is 240 g/mol. The number of carbonyl (C=O) groups excluding carboxylic acids is 1. The molecular formula is C14H20N4O.